The molecule has 2 rings (SSSR count). The van der Waals surface area contributed by atoms with Gasteiger partial charge in [0, 0.05) is 24.2 Å². The molecule has 0 aliphatic carbocycles. The Morgan fingerprint density at radius 3 is 2.68 bits per heavy atom. The van der Waals surface area contributed by atoms with Crippen LogP contribution < -0.4 is 5.32 Å². The van der Waals surface area contributed by atoms with E-state index in [2.05, 4.69) is 24.1 Å². The van der Waals surface area contributed by atoms with E-state index in [9.17, 15) is 9.18 Å². The second-order valence-electron chi connectivity index (χ2n) is 5.41. The summed E-state index contributed by atoms with van der Waals surface area (Å²) in [7, 11) is 0. The molecule has 19 heavy (non-hydrogen) atoms. The molecule has 0 spiro atoms. The summed E-state index contributed by atoms with van der Waals surface area (Å²) in [5, 5.41) is 3.04. The van der Waals surface area contributed by atoms with Crippen molar-refractivity contribution in [2.75, 3.05) is 13.1 Å². The first-order valence-electron chi connectivity index (χ1n) is 6.87. The number of piperidine rings is 1. The molecule has 3 nitrogen and oxygen atoms in total. The predicted molar refractivity (Wildman–Crippen MR) is 73.6 cm³/mol. The Balaban J connectivity index is 1.93. The predicted octanol–water partition coefficient (Wildman–Crippen LogP) is 2.43. The van der Waals surface area contributed by atoms with Gasteiger partial charge in [0.2, 0.25) is 0 Å². The highest BCUT2D eigenvalue weighted by atomic mass is 19.1. The number of carbonyl (C=O) groups excluding carboxylic acids is 1. The van der Waals surface area contributed by atoms with Gasteiger partial charge in [0.1, 0.15) is 5.82 Å². The van der Waals surface area contributed by atoms with Crippen LogP contribution in [0.1, 0.15) is 37.0 Å². The summed E-state index contributed by atoms with van der Waals surface area (Å²) < 4.78 is 12.8. The van der Waals surface area contributed by atoms with E-state index in [0.717, 1.165) is 25.9 Å². The van der Waals surface area contributed by atoms with Gasteiger partial charge in [0.05, 0.1) is 0 Å². The first-order chi connectivity index (χ1) is 9.06. The fourth-order valence-electron chi connectivity index (χ4n) is 2.46. The molecule has 0 bridgehead atoms. The van der Waals surface area contributed by atoms with Crippen LogP contribution in [0, 0.1) is 5.82 Å². The summed E-state index contributed by atoms with van der Waals surface area (Å²) in [5.41, 5.74) is 0.517. The Morgan fingerprint density at radius 1 is 1.37 bits per heavy atom. The quantitative estimate of drug-likeness (QED) is 0.909. The van der Waals surface area contributed by atoms with Crippen LogP contribution in [0.3, 0.4) is 0 Å². The zero-order valence-electron chi connectivity index (χ0n) is 11.5. The number of benzene rings is 1. The summed E-state index contributed by atoms with van der Waals surface area (Å²) in [4.78, 5) is 14.4. The highest BCUT2D eigenvalue weighted by Gasteiger charge is 2.23. The minimum absolute atomic E-state index is 0.115. The van der Waals surface area contributed by atoms with E-state index >= 15 is 0 Å². The van der Waals surface area contributed by atoms with Crippen molar-refractivity contribution in [3.63, 3.8) is 0 Å². The van der Waals surface area contributed by atoms with Crippen LogP contribution >= 0.6 is 0 Å². The third kappa shape index (κ3) is 3.77. The Hall–Kier alpha value is -1.42. The lowest BCUT2D eigenvalue weighted by Crippen LogP contribution is -2.49. The molecule has 1 aliphatic heterocycles. The average Bonchev–Trinajstić information content (AvgIpc) is 2.39. The van der Waals surface area contributed by atoms with Crippen molar-refractivity contribution in [2.24, 2.45) is 0 Å². The summed E-state index contributed by atoms with van der Waals surface area (Å²) in [6, 6.07) is 6.37. The molecular formula is C15H21FN2O. The van der Waals surface area contributed by atoms with Gasteiger partial charge in [-0.25, -0.2) is 4.39 Å². The van der Waals surface area contributed by atoms with Crippen LogP contribution in [0.4, 0.5) is 4.39 Å². The van der Waals surface area contributed by atoms with E-state index < -0.39 is 0 Å². The van der Waals surface area contributed by atoms with E-state index in [4.69, 9.17) is 0 Å². The van der Waals surface area contributed by atoms with Crippen LogP contribution in [-0.4, -0.2) is 36.0 Å². The normalized spacial score (nSPS) is 20.5. The van der Waals surface area contributed by atoms with Crippen molar-refractivity contribution < 1.29 is 9.18 Å². The largest absolute Gasteiger partial charge is 0.348 e. The number of rotatable bonds is 3. The Morgan fingerprint density at radius 2 is 2.05 bits per heavy atom. The molecule has 1 aromatic carbocycles. The van der Waals surface area contributed by atoms with Crippen molar-refractivity contribution in [3.05, 3.63) is 35.6 Å². The zero-order valence-corrected chi connectivity index (χ0v) is 11.5. The lowest BCUT2D eigenvalue weighted by Gasteiger charge is -2.35. The van der Waals surface area contributed by atoms with Gasteiger partial charge in [0.15, 0.2) is 0 Å². The van der Waals surface area contributed by atoms with Crippen molar-refractivity contribution in [1.82, 2.24) is 10.2 Å². The van der Waals surface area contributed by atoms with E-state index in [0.29, 0.717) is 11.6 Å². The van der Waals surface area contributed by atoms with Gasteiger partial charge in [-0.3, -0.25) is 9.69 Å². The van der Waals surface area contributed by atoms with Crippen molar-refractivity contribution >= 4 is 5.91 Å². The van der Waals surface area contributed by atoms with Crippen molar-refractivity contribution in [3.8, 4) is 0 Å². The highest BCUT2D eigenvalue weighted by molar-refractivity contribution is 5.94. The molecule has 0 saturated carbocycles. The molecule has 1 amide bonds. The maximum Gasteiger partial charge on any atom is 0.251 e. The lowest BCUT2D eigenvalue weighted by molar-refractivity contribution is 0.0886. The smallest absolute Gasteiger partial charge is 0.251 e. The molecule has 1 N–H and O–H groups in total. The number of carbonyl (C=O) groups is 1. The fourth-order valence-corrected chi connectivity index (χ4v) is 2.46. The number of likely N-dealkylation sites (tertiary alicyclic amines) is 1. The zero-order chi connectivity index (χ0) is 13.8. The summed E-state index contributed by atoms with van der Waals surface area (Å²) in [6.45, 7) is 6.33. The molecule has 1 fully saturated rings. The number of hydrogen-bond donors (Lipinski definition) is 1. The van der Waals surface area contributed by atoms with Gasteiger partial charge < -0.3 is 5.32 Å². The topological polar surface area (TPSA) is 32.3 Å². The molecule has 1 heterocycles. The molecule has 0 unspecified atom stereocenters. The Kier molecular flexibility index (Phi) is 4.53. The van der Waals surface area contributed by atoms with Crippen LogP contribution in [-0.2, 0) is 0 Å². The minimum atomic E-state index is -0.319. The van der Waals surface area contributed by atoms with Crippen LogP contribution in [0.2, 0.25) is 0 Å². The van der Waals surface area contributed by atoms with Gasteiger partial charge in [-0.2, -0.15) is 0 Å². The average molecular weight is 264 g/mol. The third-order valence-electron chi connectivity index (χ3n) is 3.62. The van der Waals surface area contributed by atoms with E-state index in [1.54, 1.807) is 0 Å². The first-order valence-corrected chi connectivity index (χ1v) is 6.87. The van der Waals surface area contributed by atoms with Gasteiger partial charge in [-0.05, 0) is 57.5 Å². The molecule has 1 saturated heterocycles. The number of hydrogen-bond acceptors (Lipinski definition) is 2. The molecule has 1 atom stereocenters. The lowest BCUT2D eigenvalue weighted by atomic mass is 10.0. The molecule has 4 heteroatoms. The number of nitrogens with one attached hydrogen (secondary N) is 1. The molecule has 0 radical (unpaired) electrons. The SMILES string of the molecule is CC(C)N1CCC[C@@H](NC(=O)c2ccc(F)cc2)C1. The second-order valence-corrected chi connectivity index (χ2v) is 5.41. The van der Waals surface area contributed by atoms with Crippen molar-refractivity contribution in [1.29, 1.82) is 0 Å². The maximum absolute atomic E-state index is 12.8. The van der Waals surface area contributed by atoms with E-state index in [1.165, 1.54) is 24.3 Å². The number of nitrogens with zero attached hydrogens (tertiary/aromatic N) is 1. The minimum Gasteiger partial charge on any atom is -0.348 e. The highest BCUT2D eigenvalue weighted by Crippen LogP contribution is 2.13. The molecule has 0 aromatic heterocycles. The maximum atomic E-state index is 12.8. The summed E-state index contributed by atoms with van der Waals surface area (Å²) >= 11 is 0. The second kappa shape index (κ2) is 6.15. The van der Waals surface area contributed by atoms with Gasteiger partial charge in [0.25, 0.3) is 5.91 Å². The fraction of sp³-hybridized carbons (Fsp3) is 0.533. The van der Waals surface area contributed by atoms with Gasteiger partial charge in [-0.1, -0.05) is 0 Å². The van der Waals surface area contributed by atoms with Crippen LogP contribution in [0.25, 0.3) is 0 Å². The van der Waals surface area contributed by atoms with E-state index in [-0.39, 0.29) is 17.8 Å². The first kappa shape index (κ1) is 14.0. The number of halogens is 1. The standard InChI is InChI=1S/C15H21FN2O/c1-11(2)18-9-3-4-14(10-18)17-15(19)12-5-7-13(16)8-6-12/h5-8,11,14H,3-4,9-10H2,1-2H3,(H,17,19)/t14-/m1/s1. The third-order valence-corrected chi connectivity index (χ3v) is 3.62. The molecule has 1 aromatic rings. The van der Waals surface area contributed by atoms with Crippen LogP contribution in [0.15, 0.2) is 24.3 Å². The van der Waals surface area contributed by atoms with Crippen molar-refractivity contribution in [2.45, 2.75) is 38.8 Å². The summed E-state index contributed by atoms with van der Waals surface area (Å²) in [5.74, 6) is -0.434. The summed E-state index contributed by atoms with van der Waals surface area (Å²) in [6.07, 6.45) is 2.11. The molecular weight excluding hydrogens is 243 g/mol. The number of amides is 1. The van der Waals surface area contributed by atoms with E-state index in [1.807, 2.05) is 0 Å². The Labute approximate surface area is 113 Å². The molecule has 104 valence electrons. The molecule has 1 aliphatic rings. The Bertz CT molecular complexity index is 430. The van der Waals surface area contributed by atoms with Gasteiger partial charge >= 0.3 is 0 Å². The van der Waals surface area contributed by atoms with Crippen LogP contribution in [0.5, 0.6) is 0 Å². The van der Waals surface area contributed by atoms with Gasteiger partial charge in [-0.15, -0.1) is 0 Å². The monoisotopic (exact) mass is 264 g/mol.